The summed E-state index contributed by atoms with van der Waals surface area (Å²) in [5.74, 6) is -0.355. The van der Waals surface area contributed by atoms with Gasteiger partial charge in [0.2, 0.25) is 0 Å². The van der Waals surface area contributed by atoms with Crippen molar-refractivity contribution in [2.75, 3.05) is 7.11 Å². The first-order chi connectivity index (χ1) is 7.63. The van der Waals surface area contributed by atoms with Gasteiger partial charge in [0.05, 0.1) is 12.7 Å². The minimum absolute atomic E-state index is 0.355. The lowest BCUT2D eigenvalue weighted by Gasteiger charge is -2.08. The molecule has 2 rings (SSSR count). The largest absolute Gasteiger partial charge is 0.465 e. The number of carbonyl (C=O) groups excluding carboxylic acids is 1. The van der Waals surface area contributed by atoms with Gasteiger partial charge in [-0.25, -0.2) is 9.78 Å². The second-order valence-corrected chi connectivity index (χ2v) is 3.95. The van der Waals surface area contributed by atoms with Crippen molar-refractivity contribution in [1.29, 1.82) is 0 Å². The minimum Gasteiger partial charge on any atom is -0.465 e. The van der Waals surface area contributed by atoms with E-state index < -0.39 is 0 Å². The summed E-state index contributed by atoms with van der Waals surface area (Å²) in [6.45, 7) is 4.19. The first kappa shape index (κ1) is 10.7. The van der Waals surface area contributed by atoms with E-state index in [2.05, 4.69) is 28.1 Å². The van der Waals surface area contributed by atoms with E-state index in [1.807, 2.05) is 12.3 Å². The number of hydrogen-bond donors (Lipinski definition) is 0. The average molecular weight is 218 g/mol. The van der Waals surface area contributed by atoms with Crippen LogP contribution in [0.2, 0.25) is 0 Å². The Kier molecular flexibility index (Phi) is 2.64. The molecule has 0 saturated heterocycles. The maximum Gasteiger partial charge on any atom is 0.339 e. The van der Waals surface area contributed by atoms with E-state index in [1.165, 1.54) is 7.11 Å². The van der Waals surface area contributed by atoms with Crippen molar-refractivity contribution in [3.05, 3.63) is 30.1 Å². The molecule has 4 heteroatoms. The van der Waals surface area contributed by atoms with Crippen LogP contribution in [0.1, 0.15) is 30.2 Å². The second-order valence-electron chi connectivity index (χ2n) is 3.95. The van der Waals surface area contributed by atoms with Crippen LogP contribution in [0.15, 0.2) is 24.5 Å². The molecule has 0 fully saturated rings. The molecular weight excluding hydrogens is 204 g/mol. The van der Waals surface area contributed by atoms with Crippen molar-refractivity contribution in [2.45, 2.75) is 19.9 Å². The van der Waals surface area contributed by atoms with Gasteiger partial charge in [0.25, 0.3) is 0 Å². The van der Waals surface area contributed by atoms with Crippen LogP contribution in [0.4, 0.5) is 0 Å². The molecule has 2 aromatic heterocycles. The normalized spacial score (nSPS) is 11.0. The zero-order chi connectivity index (χ0) is 11.7. The summed E-state index contributed by atoms with van der Waals surface area (Å²) in [6, 6.07) is 4.11. The molecule has 0 amide bonds. The van der Waals surface area contributed by atoms with Crippen molar-refractivity contribution in [3.63, 3.8) is 0 Å². The van der Waals surface area contributed by atoms with Gasteiger partial charge in [0.15, 0.2) is 0 Å². The first-order valence-corrected chi connectivity index (χ1v) is 5.18. The number of carbonyl (C=O) groups is 1. The molecule has 0 aliphatic rings. The number of hydrogen-bond acceptors (Lipinski definition) is 3. The highest BCUT2D eigenvalue weighted by atomic mass is 16.5. The zero-order valence-corrected chi connectivity index (χ0v) is 9.60. The van der Waals surface area contributed by atoms with E-state index in [0.717, 1.165) is 11.0 Å². The van der Waals surface area contributed by atoms with E-state index >= 15 is 0 Å². The highest BCUT2D eigenvalue weighted by Crippen LogP contribution is 2.19. The van der Waals surface area contributed by atoms with Crippen LogP contribution in [-0.2, 0) is 4.74 Å². The Morgan fingerprint density at radius 3 is 2.88 bits per heavy atom. The Morgan fingerprint density at radius 2 is 2.25 bits per heavy atom. The Hall–Kier alpha value is -1.84. The third-order valence-corrected chi connectivity index (χ3v) is 2.53. The molecule has 0 atom stereocenters. The van der Waals surface area contributed by atoms with Crippen molar-refractivity contribution in [1.82, 2.24) is 9.55 Å². The van der Waals surface area contributed by atoms with Crippen LogP contribution in [0.5, 0.6) is 0 Å². The molecule has 0 aromatic carbocycles. The number of ether oxygens (including phenoxy) is 1. The standard InChI is InChI=1S/C12H14N2O2/c1-8(2)14-5-4-9-6-10(12(15)16-3)7-13-11(9)14/h4-8H,1-3H3. The van der Waals surface area contributed by atoms with Gasteiger partial charge < -0.3 is 9.30 Å². The van der Waals surface area contributed by atoms with Crippen LogP contribution < -0.4 is 0 Å². The molecule has 0 radical (unpaired) electrons. The van der Waals surface area contributed by atoms with Crippen molar-refractivity contribution in [2.24, 2.45) is 0 Å². The van der Waals surface area contributed by atoms with Gasteiger partial charge in [0.1, 0.15) is 5.65 Å². The lowest BCUT2D eigenvalue weighted by molar-refractivity contribution is 0.0600. The van der Waals surface area contributed by atoms with E-state index in [9.17, 15) is 4.79 Å². The second kappa shape index (κ2) is 3.96. The zero-order valence-electron chi connectivity index (χ0n) is 9.60. The lowest BCUT2D eigenvalue weighted by atomic mass is 10.2. The smallest absolute Gasteiger partial charge is 0.339 e. The predicted octanol–water partition coefficient (Wildman–Crippen LogP) is 2.40. The topological polar surface area (TPSA) is 44.1 Å². The fourth-order valence-electron chi connectivity index (χ4n) is 1.69. The molecule has 16 heavy (non-hydrogen) atoms. The van der Waals surface area contributed by atoms with E-state index in [4.69, 9.17) is 0 Å². The van der Waals surface area contributed by atoms with Crippen LogP contribution >= 0.6 is 0 Å². The average Bonchev–Trinajstić information content (AvgIpc) is 2.70. The molecule has 4 nitrogen and oxygen atoms in total. The van der Waals surface area contributed by atoms with Gasteiger partial charge in [0, 0.05) is 23.8 Å². The fourth-order valence-corrected chi connectivity index (χ4v) is 1.69. The number of rotatable bonds is 2. The summed E-state index contributed by atoms with van der Waals surface area (Å²) in [5, 5.41) is 0.955. The first-order valence-electron chi connectivity index (χ1n) is 5.18. The monoisotopic (exact) mass is 218 g/mol. The minimum atomic E-state index is -0.355. The highest BCUT2D eigenvalue weighted by molar-refractivity contribution is 5.93. The van der Waals surface area contributed by atoms with E-state index in [0.29, 0.717) is 11.6 Å². The third kappa shape index (κ3) is 1.66. The van der Waals surface area contributed by atoms with E-state index in [-0.39, 0.29) is 5.97 Å². The summed E-state index contributed by atoms with van der Waals surface area (Å²) in [7, 11) is 1.37. The molecule has 0 aliphatic heterocycles. The maximum absolute atomic E-state index is 11.3. The predicted molar refractivity (Wildman–Crippen MR) is 61.5 cm³/mol. The van der Waals surface area contributed by atoms with E-state index in [1.54, 1.807) is 12.3 Å². The Labute approximate surface area is 93.9 Å². The molecule has 0 spiro atoms. The molecule has 0 saturated carbocycles. The number of fused-ring (bicyclic) bond motifs is 1. The quantitative estimate of drug-likeness (QED) is 0.727. The van der Waals surface area contributed by atoms with Gasteiger partial charge in [-0.2, -0.15) is 0 Å². The van der Waals surface area contributed by atoms with Gasteiger partial charge >= 0.3 is 5.97 Å². The van der Waals surface area contributed by atoms with Crippen molar-refractivity contribution < 1.29 is 9.53 Å². The molecule has 0 aliphatic carbocycles. The molecule has 0 unspecified atom stereocenters. The summed E-state index contributed by atoms with van der Waals surface area (Å²) < 4.78 is 6.72. The SMILES string of the molecule is COC(=O)c1cnc2c(ccn2C(C)C)c1. The summed E-state index contributed by atoms with van der Waals surface area (Å²) in [6.07, 6.45) is 3.52. The number of methoxy groups -OCH3 is 1. The van der Waals surface area contributed by atoms with Gasteiger partial charge in [-0.3, -0.25) is 0 Å². The molecule has 0 bridgehead atoms. The van der Waals surface area contributed by atoms with Gasteiger partial charge in [-0.05, 0) is 26.0 Å². The third-order valence-electron chi connectivity index (χ3n) is 2.53. The molecular formula is C12H14N2O2. The number of esters is 1. The maximum atomic E-state index is 11.3. The van der Waals surface area contributed by atoms with Gasteiger partial charge in [-0.15, -0.1) is 0 Å². The Bertz CT molecular complexity index is 529. The van der Waals surface area contributed by atoms with Gasteiger partial charge in [-0.1, -0.05) is 0 Å². The lowest BCUT2D eigenvalue weighted by Crippen LogP contribution is -2.03. The van der Waals surface area contributed by atoms with Crippen LogP contribution in [0.25, 0.3) is 11.0 Å². The fraction of sp³-hybridized carbons (Fsp3) is 0.333. The summed E-state index contributed by atoms with van der Waals surface area (Å²) in [5.41, 5.74) is 1.37. The molecule has 2 aromatic rings. The van der Waals surface area contributed by atoms with Crippen molar-refractivity contribution >= 4 is 17.0 Å². The Balaban J connectivity index is 2.53. The Morgan fingerprint density at radius 1 is 1.50 bits per heavy atom. The molecule has 2 heterocycles. The summed E-state index contributed by atoms with van der Waals surface area (Å²) >= 11 is 0. The molecule has 0 N–H and O–H groups in total. The highest BCUT2D eigenvalue weighted by Gasteiger charge is 2.10. The van der Waals surface area contributed by atoms with Crippen LogP contribution in [-0.4, -0.2) is 22.6 Å². The molecule has 84 valence electrons. The number of nitrogens with zero attached hydrogens (tertiary/aromatic N) is 2. The van der Waals surface area contributed by atoms with Crippen LogP contribution in [0, 0.1) is 0 Å². The number of aromatic nitrogens is 2. The van der Waals surface area contributed by atoms with Crippen molar-refractivity contribution in [3.8, 4) is 0 Å². The number of pyridine rings is 1. The summed E-state index contributed by atoms with van der Waals surface area (Å²) in [4.78, 5) is 15.6. The van der Waals surface area contributed by atoms with Crippen LogP contribution in [0.3, 0.4) is 0 Å².